The molecule has 2 aliphatic heterocycles. The smallest absolute Gasteiger partial charge is 0.140 e. The zero-order valence-corrected chi connectivity index (χ0v) is 18.4. The number of rotatable bonds is 0. The number of benzene rings is 1. The molecule has 0 fully saturated rings. The standard InChI is InChI=1S/C25H31N3/c1-15-11-9-13-18-20(15)28-16(2)21-19(17-12-10-14-26-22(17)27(21)8)25(28,7)24(5,6)23(18,3)4/h9-14,16H,1-8H3. The fourth-order valence-corrected chi connectivity index (χ4v) is 6.37. The van der Waals surface area contributed by atoms with E-state index >= 15 is 0 Å². The van der Waals surface area contributed by atoms with Gasteiger partial charge in [0.2, 0.25) is 0 Å². The van der Waals surface area contributed by atoms with E-state index in [1.807, 2.05) is 6.20 Å². The lowest BCUT2D eigenvalue weighted by Crippen LogP contribution is -2.62. The van der Waals surface area contributed by atoms with E-state index in [9.17, 15) is 0 Å². The Morgan fingerprint density at radius 1 is 1.00 bits per heavy atom. The summed E-state index contributed by atoms with van der Waals surface area (Å²) in [5.41, 5.74) is 8.18. The monoisotopic (exact) mass is 373 g/mol. The van der Waals surface area contributed by atoms with Crippen LogP contribution in [0.3, 0.4) is 0 Å². The van der Waals surface area contributed by atoms with Gasteiger partial charge in [0, 0.05) is 41.0 Å². The van der Waals surface area contributed by atoms with Gasteiger partial charge in [0.05, 0.1) is 11.6 Å². The Morgan fingerprint density at radius 3 is 2.43 bits per heavy atom. The van der Waals surface area contributed by atoms with Crippen LogP contribution in [0.4, 0.5) is 5.69 Å². The largest absolute Gasteiger partial charge is 0.353 e. The minimum Gasteiger partial charge on any atom is -0.353 e. The number of para-hydroxylation sites is 1. The zero-order chi connectivity index (χ0) is 20.2. The lowest BCUT2D eigenvalue weighted by Gasteiger charge is -2.62. The highest BCUT2D eigenvalue weighted by Gasteiger charge is 2.65. The molecule has 146 valence electrons. The second-order valence-electron chi connectivity index (χ2n) is 10.0. The molecule has 3 aromatic rings. The third-order valence-corrected chi connectivity index (χ3v) is 8.67. The van der Waals surface area contributed by atoms with Crippen LogP contribution in [-0.2, 0) is 18.0 Å². The van der Waals surface area contributed by atoms with Crippen molar-refractivity contribution in [3.8, 4) is 0 Å². The Hall–Kier alpha value is -2.29. The van der Waals surface area contributed by atoms with Crippen LogP contribution in [0.25, 0.3) is 11.0 Å². The summed E-state index contributed by atoms with van der Waals surface area (Å²) in [6.45, 7) is 16.9. The summed E-state index contributed by atoms with van der Waals surface area (Å²) in [4.78, 5) is 7.46. The lowest BCUT2D eigenvalue weighted by molar-refractivity contribution is 0.0660. The molecule has 3 nitrogen and oxygen atoms in total. The minimum atomic E-state index is -0.118. The highest BCUT2D eigenvalue weighted by Crippen LogP contribution is 2.68. The third kappa shape index (κ3) is 1.63. The van der Waals surface area contributed by atoms with Crippen LogP contribution in [0.5, 0.6) is 0 Å². The maximum Gasteiger partial charge on any atom is 0.140 e. The number of hydrogen-bond acceptors (Lipinski definition) is 2. The van der Waals surface area contributed by atoms with E-state index in [1.54, 1.807) is 0 Å². The normalized spacial score (nSPS) is 26.9. The molecule has 2 atom stereocenters. The van der Waals surface area contributed by atoms with Crippen molar-refractivity contribution in [2.24, 2.45) is 12.5 Å². The number of nitrogens with zero attached hydrogens (tertiary/aromatic N) is 3. The molecule has 0 radical (unpaired) electrons. The van der Waals surface area contributed by atoms with Crippen LogP contribution in [0.1, 0.15) is 70.0 Å². The number of fused-ring (bicyclic) bond motifs is 7. The van der Waals surface area contributed by atoms with E-state index in [-0.39, 0.29) is 16.4 Å². The molecule has 2 aliphatic rings. The molecule has 28 heavy (non-hydrogen) atoms. The average molecular weight is 374 g/mol. The molecular formula is C25H31N3. The summed E-state index contributed by atoms with van der Waals surface area (Å²) in [5.74, 6) is 0. The molecule has 2 aromatic heterocycles. The fourth-order valence-electron chi connectivity index (χ4n) is 6.37. The first-order valence-corrected chi connectivity index (χ1v) is 10.4. The summed E-state index contributed by atoms with van der Waals surface area (Å²) in [6.07, 6.45) is 1.91. The predicted octanol–water partition coefficient (Wildman–Crippen LogP) is 6.00. The second-order valence-corrected chi connectivity index (χ2v) is 10.0. The Labute approximate surface area is 168 Å². The van der Waals surface area contributed by atoms with E-state index in [1.165, 1.54) is 33.5 Å². The third-order valence-electron chi connectivity index (χ3n) is 8.67. The topological polar surface area (TPSA) is 21.1 Å². The molecular weight excluding hydrogens is 342 g/mol. The maximum absolute atomic E-state index is 4.74. The maximum atomic E-state index is 4.74. The van der Waals surface area contributed by atoms with Crippen LogP contribution >= 0.6 is 0 Å². The van der Waals surface area contributed by atoms with Crippen LogP contribution in [0, 0.1) is 12.3 Å². The van der Waals surface area contributed by atoms with Crippen LogP contribution in [0.2, 0.25) is 0 Å². The summed E-state index contributed by atoms with van der Waals surface area (Å²) in [5, 5.41) is 1.30. The van der Waals surface area contributed by atoms with Gasteiger partial charge in [-0.15, -0.1) is 0 Å². The molecule has 0 saturated carbocycles. The number of pyridine rings is 1. The number of anilines is 1. The molecule has 0 N–H and O–H groups in total. The Morgan fingerprint density at radius 2 is 1.71 bits per heavy atom. The number of aromatic nitrogens is 2. The zero-order valence-electron chi connectivity index (χ0n) is 18.4. The summed E-state index contributed by atoms with van der Waals surface area (Å²) >= 11 is 0. The molecule has 0 spiro atoms. The van der Waals surface area contributed by atoms with Gasteiger partial charge >= 0.3 is 0 Å². The van der Waals surface area contributed by atoms with Gasteiger partial charge in [0.15, 0.2) is 0 Å². The molecule has 5 rings (SSSR count). The number of aryl methyl sites for hydroxylation is 2. The lowest BCUT2D eigenvalue weighted by atomic mass is 9.51. The second kappa shape index (κ2) is 5.00. The fraction of sp³-hybridized carbons (Fsp3) is 0.480. The van der Waals surface area contributed by atoms with Crippen molar-refractivity contribution in [2.45, 2.75) is 65.5 Å². The van der Waals surface area contributed by atoms with Crippen LogP contribution < -0.4 is 4.90 Å². The Balaban J connectivity index is 1.98. The van der Waals surface area contributed by atoms with Gasteiger partial charge in [0.25, 0.3) is 0 Å². The van der Waals surface area contributed by atoms with Gasteiger partial charge in [-0.2, -0.15) is 0 Å². The van der Waals surface area contributed by atoms with E-state index in [2.05, 4.69) is 95.3 Å². The molecule has 0 saturated heterocycles. The predicted molar refractivity (Wildman–Crippen MR) is 117 cm³/mol. The van der Waals surface area contributed by atoms with E-state index < -0.39 is 0 Å². The Kier molecular flexibility index (Phi) is 3.18. The summed E-state index contributed by atoms with van der Waals surface area (Å²) in [7, 11) is 2.18. The average Bonchev–Trinajstić information content (AvgIpc) is 3.07. The van der Waals surface area contributed by atoms with Gasteiger partial charge in [-0.05, 0) is 49.4 Å². The van der Waals surface area contributed by atoms with E-state index in [4.69, 9.17) is 4.98 Å². The van der Waals surface area contributed by atoms with Crippen molar-refractivity contribution in [2.75, 3.05) is 4.90 Å². The quantitative estimate of drug-likeness (QED) is 0.482. The first-order chi connectivity index (χ1) is 13.1. The van der Waals surface area contributed by atoms with Crippen molar-refractivity contribution < 1.29 is 0 Å². The highest BCUT2D eigenvalue weighted by atomic mass is 15.3. The minimum absolute atomic E-state index is 0.0183. The SMILES string of the molecule is Cc1cccc2c1N1C(C)c3c(c4cccnc4n3C)C1(C)C(C)(C)C2(C)C. The first kappa shape index (κ1) is 17.8. The first-order valence-electron chi connectivity index (χ1n) is 10.4. The van der Waals surface area contributed by atoms with Gasteiger partial charge in [-0.25, -0.2) is 4.98 Å². The van der Waals surface area contributed by atoms with Crippen LogP contribution in [0.15, 0.2) is 36.5 Å². The van der Waals surface area contributed by atoms with Crippen LogP contribution in [-0.4, -0.2) is 9.55 Å². The van der Waals surface area contributed by atoms with E-state index in [0.29, 0.717) is 6.04 Å². The Bertz CT molecular complexity index is 1130. The van der Waals surface area contributed by atoms with Gasteiger partial charge in [-0.1, -0.05) is 45.9 Å². The molecule has 2 unspecified atom stereocenters. The molecule has 0 amide bonds. The highest BCUT2D eigenvalue weighted by molar-refractivity contribution is 5.88. The summed E-state index contributed by atoms with van der Waals surface area (Å²) in [6, 6.07) is 11.5. The van der Waals surface area contributed by atoms with Crippen molar-refractivity contribution in [1.82, 2.24) is 9.55 Å². The molecule has 0 aliphatic carbocycles. The van der Waals surface area contributed by atoms with Crippen molar-refractivity contribution in [1.29, 1.82) is 0 Å². The molecule has 0 bridgehead atoms. The van der Waals surface area contributed by atoms with Gasteiger partial charge in [0.1, 0.15) is 5.65 Å². The van der Waals surface area contributed by atoms with Crippen molar-refractivity contribution in [3.05, 3.63) is 58.9 Å². The molecule has 1 aromatic carbocycles. The van der Waals surface area contributed by atoms with Crippen molar-refractivity contribution >= 4 is 16.7 Å². The van der Waals surface area contributed by atoms with Crippen molar-refractivity contribution in [3.63, 3.8) is 0 Å². The van der Waals surface area contributed by atoms with Gasteiger partial charge in [-0.3, -0.25) is 0 Å². The molecule has 3 heteroatoms. The molecule has 4 heterocycles. The number of hydrogen-bond donors (Lipinski definition) is 0. The summed E-state index contributed by atoms with van der Waals surface area (Å²) < 4.78 is 2.33. The van der Waals surface area contributed by atoms with Gasteiger partial charge < -0.3 is 9.47 Å². The van der Waals surface area contributed by atoms with E-state index in [0.717, 1.165) is 5.65 Å².